The molecular formula is C36H51O3P. The van der Waals surface area contributed by atoms with Crippen molar-refractivity contribution in [1.29, 1.82) is 0 Å². The van der Waals surface area contributed by atoms with Crippen molar-refractivity contribution < 1.29 is 14.3 Å². The van der Waals surface area contributed by atoms with Gasteiger partial charge in [-0.3, -0.25) is 0 Å². The van der Waals surface area contributed by atoms with Gasteiger partial charge >= 0.3 is 8.60 Å². The summed E-state index contributed by atoms with van der Waals surface area (Å²) in [6.07, 6.45) is 20.1. The molecule has 0 amide bonds. The van der Waals surface area contributed by atoms with Gasteiger partial charge in [0.2, 0.25) is 0 Å². The Morgan fingerprint density at radius 1 is 0.500 bits per heavy atom. The minimum absolute atomic E-state index is 0.534. The highest BCUT2D eigenvalue weighted by atomic mass is 31.2. The predicted molar refractivity (Wildman–Crippen MR) is 173 cm³/mol. The minimum Gasteiger partial charge on any atom is -0.426 e. The fraction of sp³-hybridized carbons (Fsp3) is 0.500. The summed E-state index contributed by atoms with van der Waals surface area (Å²) >= 11 is 0. The molecule has 0 aromatic heterocycles. The number of hydrogen-bond acceptors (Lipinski definition) is 3. The standard InChI is InChI=1S/C36H51O3P/c1-3-5-7-9-11-13-15-22-30-24-17-19-26-32(30)34-28-21-29-35(39-40(37)38)36(34)33-27-20-18-25-31(33)23-16-14-12-10-8-6-4-2/h17-21,24-29,37-38H,3-16,22-23H2,1-2H3. The molecule has 3 aromatic carbocycles. The molecule has 0 heterocycles. The first-order valence-electron chi connectivity index (χ1n) is 15.8. The average molecular weight is 563 g/mol. The smallest absolute Gasteiger partial charge is 0.391 e. The molecule has 3 nitrogen and oxygen atoms in total. The maximum absolute atomic E-state index is 9.84. The van der Waals surface area contributed by atoms with Crippen LogP contribution in [-0.4, -0.2) is 9.79 Å². The van der Waals surface area contributed by atoms with Crippen molar-refractivity contribution in [3.05, 3.63) is 77.9 Å². The summed E-state index contributed by atoms with van der Waals surface area (Å²) in [6, 6.07) is 23.3. The Kier molecular flexibility index (Phi) is 15.4. The van der Waals surface area contributed by atoms with Gasteiger partial charge in [0.25, 0.3) is 0 Å². The molecule has 0 aliphatic rings. The Labute approximate surface area is 245 Å². The molecule has 3 rings (SSSR count). The highest BCUT2D eigenvalue weighted by Gasteiger charge is 2.20. The monoisotopic (exact) mass is 562 g/mol. The van der Waals surface area contributed by atoms with Crippen LogP contribution in [0.15, 0.2) is 66.7 Å². The molecule has 0 saturated carbocycles. The molecule has 3 aromatic rings. The zero-order valence-electron chi connectivity index (χ0n) is 24.9. The van der Waals surface area contributed by atoms with Gasteiger partial charge in [0.1, 0.15) is 5.75 Å². The van der Waals surface area contributed by atoms with Crippen LogP contribution in [0, 0.1) is 0 Å². The van der Waals surface area contributed by atoms with Gasteiger partial charge in [-0.15, -0.1) is 0 Å². The summed E-state index contributed by atoms with van der Waals surface area (Å²) in [5, 5.41) is 0. The second-order valence-electron chi connectivity index (χ2n) is 11.1. The lowest BCUT2D eigenvalue weighted by Crippen LogP contribution is -1.98. The average Bonchev–Trinajstić information content (AvgIpc) is 2.96. The molecule has 0 unspecified atom stereocenters. The molecule has 0 aliphatic carbocycles. The molecule has 0 saturated heterocycles. The van der Waals surface area contributed by atoms with Gasteiger partial charge in [-0.05, 0) is 59.6 Å². The summed E-state index contributed by atoms with van der Waals surface area (Å²) < 4.78 is 5.66. The van der Waals surface area contributed by atoms with Crippen LogP contribution in [0.1, 0.15) is 115 Å². The Bertz CT molecular complexity index is 1110. The van der Waals surface area contributed by atoms with E-state index in [2.05, 4.69) is 68.4 Å². The topological polar surface area (TPSA) is 49.7 Å². The van der Waals surface area contributed by atoms with E-state index in [9.17, 15) is 9.79 Å². The van der Waals surface area contributed by atoms with Crippen molar-refractivity contribution in [3.63, 3.8) is 0 Å². The fourth-order valence-electron chi connectivity index (χ4n) is 5.73. The van der Waals surface area contributed by atoms with Crippen molar-refractivity contribution in [2.45, 2.75) is 117 Å². The van der Waals surface area contributed by atoms with Crippen LogP contribution in [0.2, 0.25) is 0 Å². The lowest BCUT2D eigenvalue weighted by molar-refractivity contribution is 0.375. The van der Waals surface area contributed by atoms with Gasteiger partial charge in [-0.1, -0.05) is 152 Å². The van der Waals surface area contributed by atoms with E-state index in [-0.39, 0.29) is 0 Å². The molecule has 40 heavy (non-hydrogen) atoms. The number of aryl methyl sites for hydroxylation is 2. The van der Waals surface area contributed by atoms with Crippen LogP contribution in [0.25, 0.3) is 22.3 Å². The third kappa shape index (κ3) is 10.7. The molecule has 0 bridgehead atoms. The number of unbranched alkanes of at least 4 members (excludes halogenated alkanes) is 12. The van der Waals surface area contributed by atoms with Crippen molar-refractivity contribution in [2.75, 3.05) is 0 Å². The maximum atomic E-state index is 9.84. The van der Waals surface area contributed by atoms with Crippen molar-refractivity contribution >= 4 is 8.60 Å². The summed E-state index contributed by atoms with van der Waals surface area (Å²) in [6.45, 7) is 4.53. The SMILES string of the molecule is CCCCCCCCCc1ccccc1-c1cccc(OP(O)O)c1-c1ccccc1CCCCCCCCC. The van der Waals surface area contributed by atoms with Crippen LogP contribution < -0.4 is 4.52 Å². The minimum atomic E-state index is -2.52. The van der Waals surface area contributed by atoms with Gasteiger partial charge in [0, 0.05) is 5.56 Å². The van der Waals surface area contributed by atoms with Gasteiger partial charge in [-0.25, -0.2) is 0 Å². The van der Waals surface area contributed by atoms with E-state index < -0.39 is 8.60 Å². The second kappa shape index (κ2) is 19.0. The first kappa shape index (κ1) is 32.3. The van der Waals surface area contributed by atoms with Crippen LogP contribution >= 0.6 is 8.60 Å². The van der Waals surface area contributed by atoms with Crippen LogP contribution in [0.5, 0.6) is 5.75 Å². The van der Waals surface area contributed by atoms with E-state index in [4.69, 9.17) is 4.52 Å². The largest absolute Gasteiger partial charge is 0.426 e. The Balaban J connectivity index is 1.86. The number of benzene rings is 3. The molecule has 0 atom stereocenters. The zero-order valence-corrected chi connectivity index (χ0v) is 25.8. The summed E-state index contributed by atoms with van der Waals surface area (Å²) in [5.41, 5.74) is 7.03. The van der Waals surface area contributed by atoms with E-state index in [1.807, 2.05) is 12.1 Å². The van der Waals surface area contributed by atoms with Gasteiger partial charge in [-0.2, -0.15) is 0 Å². The molecule has 0 radical (unpaired) electrons. The fourth-order valence-corrected chi connectivity index (χ4v) is 6.05. The summed E-state index contributed by atoms with van der Waals surface area (Å²) in [5.74, 6) is 0.534. The van der Waals surface area contributed by atoms with E-state index in [0.717, 1.165) is 36.0 Å². The lowest BCUT2D eigenvalue weighted by Gasteiger charge is -2.20. The van der Waals surface area contributed by atoms with Crippen LogP contribution in [0.3, 0.4) is 0 Å². The lowest BCUT2D eigenvalue weighted by atomic mass is 9.87. The summed E-state index contributed by atoms with van der Waals surface area (Å²) in [7, 11) is -2.52. The third-order valence-corrected chi connectivity index (χ3v) is 8.26. The zero-order chi connectivity index (χ0) is 28.4. The van der Waals surface area contributed by atoms with E-state index in [1.54, 1.807) is 0 Å². The maximum Gasteiger partial charge on any atom is 0.391 e. The number of hydrogen-bond donors (Lipinski definition) is 2. The Morgan fingerprint density at radius 2 is 0.950 bits per heavy atom. The van der Waals surface area contributed by atoms with Gasteiger partial charge in [0.05, 0.1) is 0 Å². The third-order valence-electron chi connectivity index (χ3n) is 7.90. The van der Waals surface area contributed by atoms with Crippen LogP contribution in [0.4, 0.5) is 0 Å². The first-order valence-corrected chi connectivity index (χ1v) is 17.0. The molecule has 0 aliphatic heterocycles. The Hall–Kier alpha value is -2.19. The molecule has 0 spiro atoms. The highest BCUT2D eigenvalue weighted by molar-refractivity contribution is 7.39. The van der Waals surface area contributed by atoms with Gasteiger partial charge < -0.3 is 14.3 Å². The normalized spacial score (nSPS) is 11.3. The molecule has 0 fully saturated rings. The second-order valence-corrected chi connectivity index (χ2v) is 11.8. The summed E-state index contributed by atoms with van der Waals surface area (Å²) in [4.78, 5) is 19.7. The van der Waals surface area contributed by atoms with E-state index >= 15 is 0 Å². The van der Waals surface area contributed by atoms with Gasteiger partial charge in [0.15, 0.2) is 0 Å². The Morgan fingerprint density at radius 3 is 1.50 bits per heavy atom. The quantitative estimate of drug-likeness (QED) is 0.106. The van der Waals surface area contributed by atoms with Crippen molar-refractivity contribution in [1.82, 2.24) is 0 Å². The highest BCUT2D eigenvalue weighted by Crippen LogP contribution is 2.45. The van der Waals surface area contributed by atoms with Crippen molar-refractivity contribution in [2.24, 2.45) is 0 Å². The molecule has 2 N–H and O–H groups in total. The predicted octanol–water partition coefficient (Wildman–Crippen LogP) is 11.2. The molecule has 218 valence electrons. The number of rotatable bonds is 20. The molecular weight excluding hydrogens is 511 g/mol. The molecule has 4 heteroatoms. The van der Waals surface area contributed by atoms with Crippen molar-refractivity contribution in [3.8, 4) is 28.0 Å². The van der Waals surface area contributed by atoms with E-state index in [0.29, 0.717) is 5.75 Å². The first-order chi connectivity index (χ1) is 19.7. The van der Waals surface area contributed by atoms with Crippen LogP contribution in [-0.2, 0) is 12.8 Å². The van der Waals surface area contributed by atoms with E-state index in [1.165, 1.54) is 100 Å².